The maximum Gasteiger partial charge on any atom is 0.234 e. The molecule has 134 valence electrons. The minimum absolute atomic E-state index is 0.0507. The third-order valence-electron chi connectivity index (χ3n) is 4.15. The van der Waals surface area contributed by atoms with E-state index in [2.05, 4.69) is 30.1 Å². The van der Waals surface area contributed by atoms with Crippen LogP contribution in [0.1, 0.15) is 25.8 Å². The molecule has 5 nitrogen and oxygen atoms in total. The van der Waals surface area contributed by atoms with Gasteiger partial charge in [-0.25, -0.2) is 8.42 Å². The largest absolute Gasteiger partial charge is 0.325 e. The highest BCUT2D eigenvalue weighted by Crippen LogP contribution is 2.24. The van der Waals surface area contributed by atoms with Crippen molar-refractivity contribution in [1.82, 2.24) is 4.90 Å². The van der Waals surface area contributed by atoms with Crippen LogP contribution >= 0.6 is 11.8 Å². The Labute approximate surface area is 149 Å². The second-order valence-electron chi connectivity index (χ2n) is 6.05. The van der Waals surface area contributed by atoms with Crippen molar-refractivity contribution in [2.75, 3.05) is 35.7 Å². The summed E-state index contributed by atoms with van der Waals surface area (Å²) < 4.78 is 22.9. The SMILES string of the molecule is CCN(CC)Cc1cccc(NC(=O)CSC2CCS(=O)(=O)C2)c1. The predicted octanol–water partition coefficient (Wildman–Crippen LogP) is 2.39. The van der Waals surface area contributed by atoms with Crippen molar-refractivity contribution in [3.05, 3.63) is 29.8 Å². The molecule has 1 fully saturated rings. The highest BCUT2D eigenvalue weighted by atomic mass is 32.2. The van der Waals surface area contributed by atoms with Crippen LogP contribution in [0.25, 0.3) is 0 Å². The lowest BCUT2D eigenvalue weighted by Gasteiger charge is -2.18. The topological polar surface area (TPSA) is 66.5 Å². The van der Waals surface area contributed by atoms with E-state index in [9.17, 15) is 13.2 Å². The van der Waals surface area contributed by atoms with Crippen LogP contribution in [0.2, 0.25) is 0 Å². The van der Waals surface area contributed by atoms with Crippen molar-refractivity contribution in [2.24, 2.45) is 0 Å². The minimum Gasteiger partial charge on any atom is -0.325 e. The van der Waals surface area contributed by atoms with Gasteiger partial charge in [-0.2, -0.15) is 0 Å². The van der Waals surface area contributed by atoms with Gasteiger partial charge in [0.2, 0.25) is 5.91 Å². The molecular weight excluding hydrogens is 344 g/mol. The van der Waals surface area contributed by atoms with E-state index in [-0.39, 0.29) is 22.7 Å². The van der Waals surface area contributed by atoms with Crippen LogP contribution in [0, 0.1) is 0 Å². The van der Waals surface area contributed by atoms with E-state index in [1.807, 2.05) is 18.2 Å². The maximum absolute atomic E-state index is 12.1. The Bertz CT molecular complexity index is 658. The number of anilines is 1. The van der Waals surface area contributed by atoms with Crippen molar-refractivity contribution in [3.63, 3.8) is 0 Å². The van der Waals surface area contributed by atoms with E-state index in [0.717, 1.165) is 25.3 Å². The van der Waals surface area contributed by atoms with E-state index in [1.165, 1.54) is 17.3 Å². The smallest absolute Gasteiger partial charge is 0.234 e. The second kappa shape index (κ2) is 8.87. The molecule has 1 N–H and O–H groups in total. The molecule has 1 atom stereocenters. The molecule has 1 aliphatic rings. The van der Waals surface area contributed by atoms with Crippen LogP contribution in [0.5, 0.6) is 0 Å². The van der Waals surface area contributed by atoms with Gasteiger partial charge in [-0.05, 0) is 37.2 Å². The average molecular weight is 371 g/mol. The molecule has 1 unspecified atom stereocenters. The van der Waals surface area contributed by atoms with Gasteiger partial charge in [0.25, 0.3) is 0 Å². The molecule has 1 aromatic rings. The van der Waals surface area contributed by atoms with E-state index in [1.54, 1.807) is 0 Å². The minimum atomic E-state index is -2.88. The first-order valence-electron chi connectivity index (χ1n) is 8.35. The first kappa shape index (κ1) is 19.3. The Morgan fingerprint density at radius 3 is 2.71 bits per heavy atom. The van der Waals surface area contributed by atoms with Crippen LogP contribution in [0.4, 0.5) is 5.69 Å². The molecule has 1 amide bonds. The van der Waals surface area contributed by atoms with Gasteiger partial charge in [-0.1, -0.05) is 26.0 Å². The Morgan fingerprint density at radius 2 is 2.08 bits per heavy atom. The summed E-state index contributed by atoms with van der Waals surface area (Å²) in [4.78, 5) is 14.4. The molecule has 2 rings (SSSR count). The molecule has 0 saturated carbocycles. The third-order valence-corrected chi connectivity index (χ3v) is 7.43. The normalized spacial score (nSPS) is 19.5. The summed E-state index contributed by atoms with van der Waals surface area (Å²) in [5.74, 6) is 0.661. The maximum atomic E-state index is 12.1. The number of carbonyl (C=O) groups is 1. The summed E-state index contributed by atoms with van der Waals surface area (Å²) in [6, 6.07) is 7.90. The molecule has 0 radical (unpaired) electrons. The van der Waals surface area contributed by atoms with Crippen LogP contribution in [-0.2, 0) is 21.2 Å². The van der Waals surface area contributed by atoms with Crippen molar-refractivity contribution in [2.45, 2.75) is 32.1 Å². The summed E-state index contributed by atoms with van der Waals surface area (Å²) in [6.07, 6.45) is 0.652. The number of hydrogen-bond donors (Lipinski definition) is 1. The Balaban J connectivity index is 1.83. The summed E-state index contributed by atoms with van der Waals surface area (Å²) >= 11 is 1.44. The molecule has 7 heteroatoms. The monoisotopic (exact) mass is 370 g/mol. The summed E-state index contributed by atoms with van der Waals surface area (Å²) in [7, 11) is -2.88. The number of carbonyl (C=O) groups excluding carboxylic acids is 1. The van der Waals surface area contributed by atoms with Gasteiger partial charge in [0.1, 0.15) is 0 Å². The fraction of sp³-hybridized carbons (Fsp3) is 0.588. The summed E-state index contributed by atoms with van der Waals surface area (Å²) in [5.41, 5.74) is 1.97. The highest BCUT2D eigenvalue weighted by Gasteiger charge is 2.28. The summed E-state index contributed by atoms with van der Waals surface area (Å²) in [6.45, 7) is 7.12. The van der Waals surface area contributed by atoms with Crippen molar-refractivity contribution in [3.8, 4) is 0 Å². The Kier molecular flexibility index (Phi) is 7.13. The van der Waals surface area contributed by atoms with Gasteiger partial charge in [-0.3, -0.25) is 9.69 Å². The highest BCUT2D eigenvalue weighted by molar-refractivity contribution is 8.02. The lowest BCUT2D eigenvalue weighted by molar-refractivity contribution is -0.113. The molecule has 1 saturated heterocycles. The standard InChI is InChI=1S/C17H26N2O3S2/c1-3-19(4-2)11-14-6-5-7-15(10-14)18-17(20)12-23-16-8-9-24(21,22)13-16/h5-7,10,16H,3-4,8-9,11-13H2,1-2H3,(H,18,20). The number of thioether (sulfide) groups is 1. The fourth-order valence-electron chi connectivity index (χ4n) is 2.74. The lowest BCUT2D eigenvalue weighted by Crippen LogP contribution is -2.22. The quantitative estimate of drug-likeness (QED) is 0.761. The van der Waals surface area contributed by atoms with Crippen LogP contribution in [0.3, 0.4) is 0 Å². The molecule has 1 heterocycles. The molecule has 24 heavy (non-hydrogen) atoms. The number of rotatable bonds is 8. The van der Waals surface area contributed by atoms with Crippen molar-refractivity contribution in [1.29, 1.82) is 0 Å². The number of hydrogen-bond acceptors (Lipinski definition) is 5. The third kappa shape index (κ3) is 6.11. The Morgan fingerprint density at radius 1 is 1.33 bits per heavy atom. The van der Waals surface area contributed by atoms with Crippen molar-refractivity contribution >= 4 is 33.2 Å². The second-order valence-corrected chi connectivity index (χ2v) is 9.56. The predicted molar refractivity (Wildman–Crippen MR) is 101 cm³/mol. The van der Waals surface area contributed by atoms with Gasteiger partial charge >= 0.3 is 0 Å². The number of nitrogens with one attached hydrogen (secondary N) is 1. The molecule has 0 bridgehead atoms. The first-order chi connectivity index (χ1) is 11.4. The van der Waals surface area contributed by atoms with Crippen LogP contribution in [-0.4, -0.2) is 54.8 Å². The zero-order valence-corrected chi connectivity index (χ0v) is 16.0. The Hall–Kier alpha value is -1.05. The van der Waals surface area contributed by atoms with E-state index >= 15 is 0 Å². The molecule has 1 aromatic carbocycles. The number of nitrogens with zero attached hydrogens (tertiary/aromatic N) is 1. The van der Waals surface area contributed by atoms with Crippen LogP contribution < -0.4 is 5.32 Å². The lowest BCUT2D eigenvalue weighted by atomic mass is 10.2. The number of benzene rings is 1. The van der Waals surface area contributed by atoms with E-state index < -0.39 is 9.84 Å². The first-order valence-corrected chi connectivity index (χ1v) is 11.2. The zero-order chi connectivity index (χ0) is 17.6. The average Bonchev–Trinajstić information content (AvgIpc) is 2.90. The summed E-state index contributed by atoms with van der Waals surface area (Å²) in [5, 5.41) is 2.96. The molecule has 0 spiro atoms. The molecule has 1 aliphatic heterocycles. The van der Waals surface area contributed by atoms with Gasteiger partial charge in [0.15, 0.2) is 9.84 Å². The van der Waals surface area contributed by atoms with E-state index in [0.29, 0.717) is 12.2 Å². The fourth-order valence-corrected chi connectivity index (χ4v) is 6.18. The molecular formula is C17H26N2O3S2. The van der Waals surface area contributed by atoms with Crippen molar-refractivity contribution < 1.29 is 13.2 Å². The number of sulfone groups is 1. The number of amides is 1. The van der Waals surface area contributed by atoms with Gasteiger partial charge in [0, 0.05) is 17.5 Å². The van der Waals surface area contributed by atoms with E-state index in [4.69, 9.17) is 0 Å². The van der Waals surface area contributed by atoms with Gasteiger partial charge in [0.05, 0.1) is 17.3 Å². The van der Waals surface area contributed by atoms with Crippen LogP contribution in [0.15, 0.2) is 24.3 Å². The molecule has 0 aromatic heterocycles. The zero-order valence-electron chi connectivity index (χ0n) is 14.3. The molecule has 0 aliphatic carbocycles. The van der Waals surface area contributed by atoms with Gasteiger partial charge < -0.3 is 5.32 Å². The van der Waals surface area contributed by atoms with Gasteiger partial charge in [-0.15, -0.1) is 11.8 Å².